The summed E-state index contributed by atoms with van der Waals surface area (Å²) in [5.74, 6) is 0. The predicted octanol–water partition coefficient (Wildman–Crippen LogP) is 3.01. The van der Waals surface area contributed by atoms with Gasteiger partial charge in [-0.15, -0.1) is 0 Å². The lowest BCUT2D eigenvalue weighted by atomic mass is 10.2. The Hall–Kier alpha value is -2.09. The van der Waals surface area contributed by atoms with E-state index in [1.54, 1.807) is 4.57 Å². The third-order valence-electron chi connectivity index (χ3n) is 3.40. The summed E-state index contributed by atoms with van der Waals surface area (Å²) in [5, 5.41) is 0.276. The monoisotopic (exact) mass is 350 g/mol. The number of rotatable bonds is 8. The van der Waals surface area contributed by atoms with Crippen LogP contribution >= 0.6 is 11.6 Å². The van der Waals surface area contributed by atoms with Crippen molar-refractivity contribution in [2.75, 3.05) is 13.3 Å². The molecule has 0 saturated heterocycles. The first-order valence-electron chi connectivity index (χ1n) is 7.38. The summed E-state index contributed by atoms with van der Waals surface area (Å²) >= 11 is 6.04. The first kappa shape index (κ1) is 16.8. The summed E-state index contributed by atoms with van der Waals surface area (Å²) < 4.78 is 25.8. The number of alkyl halides is 1. The molecule has 126 valence electrons. The Morgan fingerprint density at radius 1 is 1.17 bits per heavy atom. The van der Waals surface area contributed by atoms with Crippen molar-refractivity contribution in [3.8, 4) is 0 Å². The van der Waals surface area contributed by atoms with Crippen molar-refractivity contribution in [3.05, 3.63) is 53.7 Å². The summed E-state index contributed by atoms with van der Waals surface area (Å²) in [6.45, 7) is 0.00909. The molecule has 0 amide bonds. The molecule has 2 aromatic heterocycles. The Balaban J connectivity index is 1.53. The third kappa shape index (κ3) is 4.05. The highest BCUT2D eigenvalue weighted by Crippen LogP contribution is 2.18. The fraction of sp³-hybridized carbons (Fsp3) is 0.312. The van der Waals surface area contributed by atoms with Crippen LogP contribution in [0.1, 0.15) is 5.56 Å². The molecule has 0 bridgehead atoms. The van der Waals surface area contributed by atoms with E-state index in [0.717, 1.165) is 5.56 Å². The Morgan fingerprint density at radius 2 is 2.00 bits per heavy atom. The van der Waals surface area contributed by atoms with Crippen LogP contribution in [0.2, 0.25) is 5.15 Å². The molecule has 8 heteroatoms. The van der Waals surface area contributed by atoms with Gasteiger partial charge in [-0.2, -0.15) is 0 Å². The highest BCUT2D eigenvalue weighted by molar-refractivity contribution is 6.33. The quantitative estimate of drug-likeness (QED) is 0.584. The number of benzene rings is 1. The van der Waals surface area contributed by atoms with Crippen LogP contribution in [0.5, 0.6) is 0 Å². The molecule has 0 aliphatic heterocycles. The number of imidazole rings is 1. The van der Waals surface area contributed by atoms with Crippen LogP contribution < -0.4 is 0 Å². The molecular weight excluding hydrogens is 335 g/mol. The normalized spacial score (nSPS) is 12.6. The van der Waals surface area contributed by atoms with Gasteiger partial charge in [0.15, 0.2) is 10.8 Å². The molecule has 0 saturated carbocycles. The van der Waals surface area contributed by atoms with Gasteiger partial charge in [0.05, 0.1) is 19.5 Å². The SMILES string of the molecule is FCC(COCc1ccccc1)OCn1cnc2ncnc(Cl)c21. The highest BCUT2D eigenvalue weighted by Gasteiger charge is 2.13. The molecular formula is C16H16ClFN4O2. The Morgan fingerprint density at radius 3 is 2.79 bits per heavy atom. The van der Waals surface area contributed by atoms with Crippen molar-refractivity contribution in [2.45, 2.75) is 19.4 Å². The fourth-order valence-corrected chi connectivity index (χ4v) is 2.41. The molecule has 1 aromatic carbocycles. The largest absolute Gasteiger partial charge is 0.374 e. The van der Waals surface area contributed by atoms with E-state index >= 15 is 0 Å². The van der Waals surface area contributed by atoms with Gasteiger partial charge in [-0.1, -0.05) is 41.9 Å². The Kier molecular flexibility index (Phi) is 5.68. The van der Waals surface area contributed by atoms with Crippen LogP contribution in [0.15, 0.2) is 43.0 Å². The first-order valence-corrected chi connectivity index (χ1v) is 7.76. The van der Waals surface area contributed by atoms with E-state index in [1.807, 2.05) is 30.3 Å². The minimum absolute atomic E-state index is 0.0902. The molecule has 6 nitrogen and oxygen atoms in total. The van der Waals surface area contributed by atoms with Crippen molar-refractivity contribution in [1.82, 2.24) is 19.5 Å². The van der Waals surface area contributed by atoms with Gasteiger partial charge in [0.1, 0.15) is 31.4 Å². The number of fused-ring (bicyclic) bond motifs is 1. The summed E-state index contributed by atoms with van der Waals surface area (Å²) in [5.41, 5.74) is 2.05. The van der Waals surface area contributed by atoms with Crippen LogP contribution in [0.4, 0.5) is 4.39 Å². The molecule has 0 N–H and O–H groups in total. The van der Waals surface area contributed by atoms with Gasteiger partial charge in [-0.05, 0) is 5.56 Å². The Labute approximate surface area is 143 Å². The van der Waals surface area contributed by atoms with Crippen LogP contribution in [0.25, 0.3) is 11.2 Å². The predicted molar refractivity (Wildman–Crippen MR) is 87.3 cm³/mol. The average molecular weight is 351 g/mol. The second-order valence-electron chi connectivity index (χ2n) is 5.12. The van der Waals surface area contributed by atoms with E-state index in [2.05, 4.69) is 15.0 Å². The number of ether oxygens (including phenoxy) is 2. The number of aromatic nitrogens is 4. The highest BCUT2D eigenvalue weighted by atomic mass is 35.5. The van der Waals surface area contributed by atoms with Crippen LogP contribution in [0.3, 0.4) is 0 Å². The smallest absolute Gasteiger partial charge is 0.182 e. The van der Waals surface area contributed by atoms with E-state index in [-0.39, 0.29) is 18.5 Å². The molecule has 24 heavy (non-hydrogen) atoms. The average Bonchev–Trinajstić information content (AvgIpc) is 3.03. The van der Waals surface area contributed by atoms with Crippen LogP contribution in [-0.2, 0) is 22.8 Å². The molecule has 0 radical (unpaired) electrons. The van der Waals surface area contributed by atoms with Gasteiger partial charge in [0.2, 0.25) is 0 Å². The fourth-order valence-electron chi connectivity index (χ4n) is 2.18. The van der Waals surface area contributed by atoms with Gasteiger partial charge < -0.3 is 14.0 Å². The number of hydrogen-bond acceptors (Lipinski definition) is 5. The maximum atomic E-state index is 13.1. The van der Waals surface area contributed by atoms with Gasteiger partial charge in [0.25, 0.3) is 0 Å². The summed E-state index contributed by atoms with van der Waals surface area (Å²) in [6.07, 6.45) is 2.20. The summed E-state index contributed by atoms with van der Waals surface area (Å²) in [4.78, 5) is 12.0. The molecule has 3 aromatic rings. The first-order chi connectivity index (χ1) is 11.8. The van der Waals surface area contributed by atoms with Gasteiger partial charge in [-0.25, -0.2) is 19.3 Å². The molecule has 2 heterocycles. The topological polar surface area (TPSA) is 62.1 Å². The molecule has 0 spiro atoms. The second kappa shape index (κ2) is 8.14. The lowest BCUT2D eigenvalue weighted by Gasteiger charge is -2.15. The molecule has 3 rings (SSSR count). The van der Waals surface area contributed by atoms with E-state index in [9.17, 15) is 4.39 Å². The van der Waals surface area contributed by atoms with Crippen molar-refractivity contribution in [3.63, 3.8) is 0 Å². The number of nitrogens with zero attached hydrogens (tertiary/aromatic N) is 4. The minimum Gasteiger partial charge on any atom is -0.374 e. The molecule has 0 aliphatic rings. The zero-order valence-corrected chi connectivity index (χ0v) is 13.6. The maximum absolute atomic E-state index is 13.1. The number of halogens is 2. The lowest BCUT2D eigenvalue weighted by Crippen LogP contribution is -2.23. The maximum Gasteiger partial charge on any atom is 0.182 e. The van der Waals surface area contributed by atoms with Crippen molar-refractivity contribution < 1.29 is 13.9 Å². The molecule has 0 aliphatic carbocycles. The van der Waals surface area contributed by atoms with Crippen molar-refractivity contribution in [2.24, 2.45) is 0 Å². The van der Waals surface area contributed by atoms with Crippen molar-refractivity contribution >= 4 is 22.8 Å². The summed E-state index contributed by atoms with van der Waals surface area (Å²) in [6, 6.07) is 9.69. The van der Waals surface area contributed by atoms with Gasteiger partial charge >= 0.3 is 0 Å². The van der Waals surface area contributed by atoms with E-state index < -0.39 is 12.8 Å². The van der Waals surface area contributed by atoms with Crippen molar-refractivity contribution in [1.29, 1.82) is 0 Å². The standard InChI is InChI=1S/C16H16ClFN4O2/c17-15-14-16(20-9-19-15)21-10-22(14)11-24-13(6-18)8-23-7-12-4-2-1-3-5-12/h1-5,9-10,13H,6-8,11H2. The second-order valence-corrected chi connectivity index (χ2v) is 5.48. The molecule has 1 atom stereocenters. The van der Waals surface area contributed by atoms with Gasteiger partial charge in [0, 0.05) is 0 Å². The zero-order chi connectivity index (χ0) is 16.8. The molecule has 1 unspecified atom stereocenters. The van der Waals surface area contributed by atoms with Crippen LogP contribution in [0, 0.1) is 0 Å². The van der Waals surface area contributed by atoms with Gasteiger partial charge in [-0.3, -0.25) is 0 Å². The van der Waals surface area contributed by atoms with Crippen LogP contribution in [-0.4, -0.2) is 38.9 Å². The van der Waals surface area contributed by atoms with E-state index in [0.29, 0.717) is 17.8 Å². The summed E-state index contributed by atoms with van der Waals surface area (Å²) in [7, 11) is 0. The Bertz CT molecular complexity index is 784. The zero-order valence-electron chi connectivity index (χ0n) is 12.8. The molecule has 0 fully saturated rings. The minimum atomic E-state index is -0.672. The number of hydrogen-bond donors (Lipinski definition) is 0. The van der Waals surface area contributed by atoms with E-state index in [4.69, 9.17) is 21.1 Å². The van der Waals surface area contributed by atoms with E-state index in [1.165, 1.54) is 12.7 Å². The lowest BCUT2D eigenvalue weighted by molar-refractivity contribution is -0.0569. The third-order valence-corrected chi connectivity index (χ3v) is 3.68.